The van der Waals surface area contributed by atoms with Gasteiger partial charge < -0.3 is 0 Å². The fourth-order valence-corrected chi connectivity index (χ4v) is 3.07. The summed E-state index contributed by atoms with van der Waals surface area (Å²) in [6, 6.07) is 20.1. The van der Waals surface area contributed by atoms with Gasteiger partial charge in [0.15, 0.2) is 0 Å². The molecule has 0 bridgehead atoms. The van der Waals surface area contributed by atoms with E-state index in [1.54, 1.807) is 42.5 Å². The van der Waals surface area contributed by atoms with Crippen LogP contribution in [0, 0.1) is 11.6 Å². The minimum absolute atomic E-state index is 0.335. The third-order valence-electron chi connectivity index (χ3n) is 4.48. The van der Waals surface area contributed by atoms with Gasteiger partial charge in [-0.25, -0.2) is 17.6 Å². The Morgan fingerprint density at radius 3 is 1.89 bits per heavy atom. The second-order valence-corrected chi connectivity index (χ2v) is 6.73. The summed E-state index contributed by atoms with van der Waals surface area (Å²) in [5.41, 5.74) is 2.38. The summed E-state index contributed by atoms with van der Waals surface area (Å²) in [4.78, 5) is 0. The fourth-order valence-electron chi connectivity index (χ4n) is 3.07. The Balaban J connectivity index is 1.84. The molecule has 0 aliphatic rings. The lowest BCUT2D eigenvalue weighted by Crippen LogP contribution is -2.17. The molecule has 0 saturated carbocycles. The molecule has 0 aromatic heterocycles. The normalized spacial score (nSPS) is 12.2. The zero-order valence-electron chi connectivity index (χ0n) is 15.2. The van der Waals surface area contributed by atoms with Crippen molar-refractivity contribution in [3.05, 3.63) is 113 Å². The zero-order valence-corrected chi connectivity index (χ0v) is 15.2. The van der Waals surface area contributed by atoms with Crippen LogP contribution in [0.15, 0.2) is 84.9 Å². The van der Waals surface area contributed by atoms with Gasteiger partial charge in [0, 0.05) is 6.42 Å². The molecule has 0 amide bonds. The van der Waals surface area contributed by atoms with Crippen LogP contribution in [0.5, 0.6) is 0 Å². The van der Waals surface area contributed by atoms with Crippen LogP contribution in [0.3, 0.4) is 0 Å². The molecular weight excluding hydrogens is 364 g/mol. The van der Waals surface area contributed by atoms with Gasteiger partial charge in [-0.05, 0) is 65.4 Å². The van der Waals surface area contributed by atoms with E-state index in [-0.39, 0.29) is 5.82 Å². The molecule has 4 heteroatoms. The van der Waals surface area contributed by atoms with Crippen molar-refractivity contribution < 1.29 is 17.6 Å². The van der Waals surface area contributed by atoms with E-state index in [4.69, 9.17) is 0 Å². The Hall–Kier alpha value is -2.88. The largest absolute Gasteiger partial charge is 0.271 e. The highest BCUT2D eigenvalue weighted by molar-refractivity contribution is 5.66. The quantitative estimate of drug-likeness (QED) is 0.390. The van der Waals surface area contributed by atoms with E-state index >= 15 is 0 Å². The van der Waals surface area contributed by atoms with Crippen LogP contribution in [0.1, 0.15) is 23.1 Å². The molecule has 0 spiro atoms. The van der Waals surface area contributed by atoms with Crippen molar-refractivity contribution in [3.63, 3.8) is 0 Å². The molecule has 0 N–H and O–H groups in total. The van der Waals surface area contributed by atoms with E-state index < -0.39 is 18.2 Å². The number of alkyl halides is 2. The topological polar surface area (TPSA) is 0 Å². The van der Waals surface area contributed by atoms with Gasteiger partial charge in [-0.15, -0.1) is 0 Å². The van der Waals surface area contributed by atoms with Crippen LogP contribution < -0.4 is 0 Å². The molecule has 0 unspecified atom stereocenters. The Morgan fingerprint density at radius 1 is 0.714 bits per heavy atom. The fraction of sp³-hybridized carbons (Fsp3) is 0.167. The Kier molecular flexibility index (Phi) is 6.30. The van der Waals surface area contributed by atoms with Gasteiger partial charge in [-0.2, -0.15) is 0 Å². The number of rotatable bonds is 7. The molecule has 0 aliphatic carbocycles. The number of hydrogen-bond donors (Lipinski definition) is 0. The zero-order chi connectivity index (χ0) is 20.0. The number of hydrogen-bond acceptors (Lipinski definition) is 0. The van der Waals surface area contributed by atoms with Crippen LogP contribution in [0.25, 0.3) is 5.57 Å². The number of benzene rings is 3. The van der Waals surface area contributed by atoms with E-state index in [0.29, 0.717) is 29.5 Å². The summed E-state index contributed by atoms with van der Waals surface area (Å²) in [6.45, 7) is 0. The molecule has 0 nitrogen and oxygen atoms in total. The lowest BCUT2D eigenvalue weighted by atomic mass is 9.95. The molecule has 3 aromatic carbocycles. The molecule has 0 aliphatic heterocycles. The highest BCUT2D eigenvalue weighted by atomic mass is 19.3. The first-order valence-corrected chi connectivity index (χ1v) is 9.05. The lowest BCUT2D eigenvalue weighted by Gasteiger charge is -2.16. The summed E-state index contributed by atoms with van der Waals surface area (Å²) >= 11 is 0. The number of halogens is 4. The summed E-state index contributed by atoms with van der Waals surface area (Å²) in [5.74, 6) is -3.81. The summed E-state index contributed by atoms with van der Waals surface area (Å²) in [6.07, 6.45) is 1.37. The lowest BCUT2D eigenvalue weighted by molar-refractivity contribution is 0.0562. The van der Waals surface area contributed by atoms with E-state index in [1.807, 2.05) is 0 Å². The summed E-state index contributed by atoms with van der Waals surface area (Å²) < 4.78 is 55.7. The molecule has 28 heavy (non-hydrogen) atoms. The first-order chi connectivity index (χ1) is 13.4. The first kappa shape index (κ1) is 19.9. The van der Waals surface area contributed by atoms with E-state index in [9.17, 15) is 17.6 Å². The molecule has 0 saturated heterocycles. The predicted octanol–water partition coefficient (Wildman–Crippen LogP) is 6.86. The van der Waals surface area contributed by atoms with Crippen molar-refractivity contribution >= 4 is 5.57 Å². The number of allylic oxidation sites excluding steroid dienone is 2. The van der Waals surface area contributed by atoms with Crippen molar-refractivity contribution in [1.29, 1.82) is 0 Å². The standard InChI is InChI=1S/C24H20F4/c25-22-12-7-18(8-13-22)6-9-21(20-10-14-23(26)15-11-20)17-24(27,28)16-19-4-2-1-3-5-19/h1-5,7-8,10-15,17H,6,9,16H2/b21-17+. The second kappa shape index (κ2) is 8.87. The summed E-state index contributed by atoms with van der Waals surface area (Å²) in [5, 5.41) is 0. The Labute approximate surface area is 162 Å². The van der Waals surface area contributed by atoms with Gasteiger partial charge >= 0.3 is 0 Å². The van der Waals surface area contributed by atoms with Gasteiger partial charge in [-0.1, -0.05) is 54.6 Å². The van der Waals surface area contributed by atoms with Crippen molar-refractivity contribution in [3.8, 4) is 0 Å². The van der Waals surface area contributed by atoms with Crippen molar-refractivity contribution in [2.24, 2.45) is 0 Å². The van der Waals surface area contributed by atoms with Crippen LogP contribution in [-0.2, 0) is 12.8 Å². The minimum atomic E-state index is -3.05. The molecular formula is C24H20F4. The van der Waals surface area contributed by atoms with Crippen LogP contribution >= 0.6 is 0 Å². The van der Waals surface area contributed by atoms with Crippen LogP contribution in [-0.4, -0.2) is 5.92 Å². The highest BCUT2D eigenvalue weighted by Gasteiger charge is 2.27. The second-order valence-electron chi connectivity index (χ2n) is 6.73. The molecule has 3 aromatic rings. The van der Waals surface area contributed by atoms with E-state index in [1.165, 1.54) is 36.4 Å². The smallest absolute Gasteiger partial charge is 0.207 e. The average Bonchev–Trinajstić information content (AvgIpc) is 2.67. The predicted molar refractivity (Wildman–Crippen MR) is 104 cm³/mol. The van der Waals surface area contributed by atoms with Crippen LogP contribution in [0.2, 0.25) is 0 Å². The monoisotopic (exact) mass is 384 g/mol. The van der Waals surface area contributed by atoms with Crippen molar-refractivity contribution in [2.75, 3.05) is 0 Å². The molecule has 0 fully saturated rings. The maximum Gasteiger partial charge on any atom is 0.271 e. The van der Waals surface area contributed by atoms with Gasteiger partial charge in [-0.3, -0.25) is 0 Å². The molecule has 0 heterocycles. The molecule has 0 radical (unpaired) electrons. The number of aryl methyl sites for hydroxylation is 1. The van der Waals surface area contributed by atoms with Crippen molar-refractivity contribution in [2.45, 2.75) is 25.2 Å². The maximum absolute atomic E-state index is 14.7. The third kappa shape index (κ3) is 5.81. The van der Waals surface area contributed by atoms with Gasteiger partial charge in [0.1, 0.15) is 11.6 Å². The van der Waals surface area contributed by atoms with Gasteiger partial charge in [0.2, 0.25) is 0 Å². The Morgan fingerprint density at radius 2 is 1.29 bits per heavy atom. The summed E-state index contributed by atoms with van der Waals surface area (Å²) in [7, 11) is 0. The van der Waals surface area contributed by atoms with E-state index in [2.05, 4.69) is 0 Å². The SMILES string of the molecule is Fc1ccc(CC/C(=C\C(F)(F)Cc2ccccc2)c2ccc(F)cc2)cc1. The molecule has 144 valence electrons. The van der Waals surface area contributed by atoms with Gasteiger partial charge in [0.25, 0.3) is 5.92 Å². The van der Waals surface area contributed by atoms with Gasteiger partial charge in [0.05, 0.1) is 0 Å². The molecule has 3 rings (SSSR count). The Bertz CT molecular complexity index is 911. The van der Waals surface area contributed by atoms with Crippen molar-refractivity contribution in [1.82, 2.24) is 0 Å². The first-order valence-electron chi connectivity index (χ1n) is 9.05. The highest BCUT2D eigenvalue weighted by Crippen LogP contribution is 2.29. The van der Waals surface area contributed by atoms with E-state index in [0.717, 1.165) is 11.6 Å². The third-order valence-corrected chi connectivity index (χ3v) is 4.48. The minimum Gasteiger partial charge on any atom is -0.207 e. The maximum atomic E-state index is 14.7. The van der Waals surface area contributed by atoms with Crippen LogP contribution in [0.4, 0.5) is 17.6 Å². The average molecular weight is 384 g/mol. The molecule has 0 atom stereocenters.